The number of nitrogens with one attached hydrogen (secondary N) is 1. The molecule has 1 aromatic carbocycles. The lowest BCUT2D eigenvalue weighted by atomic mass is 10.1. The third kappa shape index (κ3) is 3.48. The van der Waals surface area contributed by atoms with Gasteiger partial charge in [-0.3, -0.25) is 0 Å². The van der Waals surface area contributed by atoms with Gasteiger partial charge < -0.3 is 15.2 Å². The molecule has 0 saturated carbocycles. The molecule has 2 N–H and O–H groups in total. The number of hydrogen-bond acceptors (Lipinski definition) is 3. The Morgan fingerprint density at radius 1 is 1.47 bits per heavy atom. The first-order valence-electron chi connectivity index (χ1n) is 4.86. The molecule has 1 aromatic rings. The van der Waals surface area contributed by atoms with Crippen LogP contribution in [0.4, 0.5) is 0 Å². The highest BCUT2D eigenvalue weighted by atomic mass is 79.9. The second-order valence-corrected chi connectivity index (χ2v) is 4.23. The summed E-state index contributed by atoms with van der Waals surface area (Å²) in [6.07, 6.45) is 0. The van der Waals surface area contributed by atoms with Gasteiger partial charge in [-0.25, -0.2) is 0 Å². The van der Waals surface area contributed by atoms with Gasteiger partial charge >= 0.3 is 0 Å². The van der Waals surface area contributed by atoms with Crippen molar-refractivity contribution in [2.45, 2.75) is 13.5 Å². The minimum atomic E-state index is 0.0362. The van der Waals surface area contributed by atoms with Gasteiger partial charge in [0, 0.05) is 16.6 Å². The van der Waals surface area contributed by atoms with Crippen molar-refractivity contribution in [2.24, 2.45) is 0 Å². The first kappa shape index (κ1) is 12.5. The summed E-state index contributed by atoms with van der Waals surface area (Å²) in [4.78, 5) is 0. The van der Waals surface area contributed by atoms with E-state index in [0.717, 1.165) is 27.9 Å². The fraction of sp³-hybridized carbons (Fsp3) is 0.455. The van der Waals surface area contributed by atoms with E-state index < -0.39 is 0 Å². The van der Waals surface area contributed by atoms with Crippen LogP contribution < -0.4 is 10.1 Å². The molecule has 0 amide bonds. The standard InChI is InChI=1S/C11H16BrNO2/c1-8-5-10(12)6-9(7-13-2)11(8)15-4-3-14/h5-6,13-14H,3-4,7H2,1-2H3. The Balaban J connectivity index is 2.97. The molecule has 15 heavy (non-hydrogen) atoms. The van der Waals surface area contributed by atoms with E-state index in [1.165, 1.54) is 0 Å². The van der Waals surface area contributed by atoms with Crippen molar-refractivity contribution in [1.29, 1.82) is 0 Å². The first-order chi connectivity index (χ1) is 7.19. The van der Waals surface area contributed by atoms with Gasteiger partial charge in [-0.1, -0.05) is 15.9 Å². The highest BCUT2D eigenvalue weighted by molar-refractivity contribution is 9.10. The SMILES string of the molecule is CNCc1cc(Br)cc(C)c1OCCO. The van der Waals surface area contributed by atoms with Crippen molar-refractivity contribution in [1.82, 2.24) is 5.32 Å². The normalized spacial score (nSPS) is 10.4. The molecule has 0 aliphatic rings. The summed E-state index contributed by atoms with van der Waals surface area (Å²) < 4.78 is 6.56. The van der Waals surface area contributed by atoms with Crippen molar-refractivity contribution in [3.63, 3.8) is 0 Å². The molecule has 0 unspecified atom stereocenters. The van der Waals surface area contributed by atoms with Gasteiger partial charge in [0.1, 0.15) is 12.4 Å². The lowest BCUT2D eigenvalue weighted by molar-refractivity contribution is 0.199. The summed E-state index contributed by atoms with van der Waals surface area (Å²) in [6, 6.07) is 4.03. The minimum absolute atomic E-state index is 0.0362. The number of aliphatic hydroxyl groups is 1. The van der Waals surface area contributed by atoms with Crippen LogP contribution in [0, 0.1) is 6.92 Å². The molecular formula is C11H16BrNO2. The molecule has 4 heteroatoms. The third-order valence-corrected chi connectivity index (χ3v) is 2.48. The third-order valence-electron chi connectivity index (χ3n) is 2.02. The van der Waals surface area contributed by atoms with E-state index in [9.17, 15) is 0 Å². The number of hydrogen-bond donors (Lipinski definition) is 2. The fourth-order valence-corrected chi connectivity index (χ4v) is 2.09. The molecule has 0 fully saturated rings. The minimum Gasteiger partial charge on any atom is -0.491 e. The van der Waals surface area contributed by atoms with Crippen molar-refractivity contribution >= 4 is 15.9 Å². The van der Waals surface area contributed by atoms with Crippen LogP contribution >= 0.6 is 15.9 Å². The molecule has 0 aromatic heterocycles. The lowest BCUT2D eigenvalue weighted by Gasteiger charge is -2.14. The summed E-state index contributed by atoms with van der Waals surface area (Å²) in [7, 11) is 1.89. The Morgan fingerprint density at radius 2 is 2.20 bits per heavy atom. The van der Waals surface area contributed by atoms with Gasteiger partial charge in [-0.2, -0.15) is 0 Å². The number of halogens is 1. The molecule has 0 aliphatic carbocycles. The predicted octanol–water partition coefficient (Wildman–Crippen LogP) is 1.85. The summed E-state index contributed by atoms with van der Waals surface area (Å²) in [5, 5.41) is 11.8. The number of ether oxygens (including phenoxy) is 1. The van der Waals surface area contributed by atoms with Crippen LogP contribution in [0.1, 0.15) is 11.1 Å². The summed E-state index contributed by atoms with van der Waals surface area (Å²) in [6.45, 7) is 3.12. The molecule has 0 aliphatic heterocycles. The van der Waals surface area contributed by atoms with Crippen LogP contribution in [0.5, 0.6) is 5.75 Å². The molecule has 0 saturated heterocycles. The maximum Gasteiger partial charge on any atom is 0.126 e. The average molecular weight is 274 g/mol. The quantitative estimate of drug-likeness (QED) is 0.861. The van der Waals surface area contributed by atoms with Crippen LogP contribution in [-0.2, 0) is 6.54 Å². The summed E-state index contributed by atoms with van der Waals surface area (Å²) >= 11 is 3.45. The first-order valence-corrected chi connectivity index (χ1v) is 5.65. The zero-order valence-electron chi connectivity index (χ0n) is 9.01. The van der Waals surface area contributed by atoms with Gasteiger partial charge in [0.15, 0.2) is 0 Å². The van der Waals surface area contributed by atoms with E-state index in [-0.39, 0.29) is 6.61 Å². The molecule has 1 rings (SSSR count). The van der Waals surface area contributed by atoms with E-state index in [1.807, 2.05) is 26.1 Å². The summed E-state index contributed by atoms with van der Waals surface area (Å²) in [5.74, 6) is 0.863. The van der Waals surface area contributed by atoms with Gasteiger partial charge in [-0.15, -0.1) is 0 Å². The van der Waals surface area contributed by atoms with E-state index >= 15 is 0 Å². The molecule has 0 bridgehead atoms. The largest absolute Gasteiger partial charge is 0.491 e. The van der Waals surface area contributed by atoms with Gasteiger partial charge in [0.05, 0.1) is 6.61 Å². The van der Waals surface area contributed by atoms with Crippen LogP contribution in [0.3, 0.4) is 0 Å². The van der Waals surface area contributed by atoms with Crippen molar-refractivity contribution in [3.05, 3.63) is 27.7 Å². The molecule has 84 valence electrons. The van der Waals surface area contributed by atoms with Crippen molar-refractivity contribution < 1.29 is 9.84 Å². The molecule has 0 atom stereocenters. The average Bonchev–Trinajstić information content (AvgIpc) is 2.17. The van der Waals surface area contributed by atoms with Crippen LogP contribution in [0.15, 0.2) is 16.6 Å². The lowest BCUT2D eigenvalue weighted by Crippen LogP contribution is -2.10. The Kier molecular flexibility index (Phi) is 5.08. The van der Waals surface area contributed by atoms with E-state index in [0.29, 0.717) is 6.61 Å². The molecule has 3 nitrogen and oxygen atoms in total. The van der Waals surface area contributed by atoms with Gasteiger partial charge in [0.25, 0.3) is 0 Å². The molecule has 0 spiro atoms. The maximum atomic E-state index is 8.74. The second kappa shape index (κ2) is 6.10. The van der Waals surface area contributed by atoms with Gasteiger partial charge in [-0.05, 0) is 31.7 Å². The predicted molar refractivity (Wildman–Crippen MR) is 64.2 cm³/mol. The number of rotatable bonds is 5. The Morgan fingerprint density at radius 3 is 2.80 bits per heavy atom. The summed E-state index contributed by atoms with van der Waals surface area (Å²) in [5.41, 5.74) is 2.17. The second-order valence-electron chi connectivity index (χ2n) is 3.31. The zero-order valence-corrected chi connectivity index (χ0v) is 10.6. The highest BCUT2D eigenvalue weighted by Gasteiger charge is 2.08. The van der Waals surface area contributed by atoms with E-state index in [2.05, 4.69) is 21.2 Å². The Bertz CT molecular complexity index is 329. The van der Waals surface area contributed by atoms with Gasteiger partial charge in [0.2, 0.25) is 0 Å². The van der Waals surface area contributed by atoms with E-state index in [1.54, 1.807) is 0 Å². The smallest absolute Gasteiger partial charge is 0.126 e. The Hall–Kier alpha value is -0.580. The zero-order chi connectivity index (χ0) is 11.3. The van der Waals surface area contributed by atoms with Crippen molar-refractivity contribution in [3.8, 4) is 5.75 Å². The maximum absolute atomic E-state index is 8.74. The monoisotopic (exact) mass is 273 g/mol. The van der Waals surface area contributed by atoms with Crippen LogP contribution in [-0.4, -0.2) is 25.4 Å². The fourth-order valence-electron chi connectivity index (χ4n) is 1.48. The van der Waals surface area contributed by atoms with Crippen molar-refractivity contribution in [2.75, 3.05) is 20.3 Å². The number of aliphatic hydroxyl groups excluding tert-OH is 1. The molecule has 0 heterocycles. The van der Waals surface area contributed by atoms with E-state index in [4.69, 9.17) is 9.84 Å². The highest BCUT2D eigenvalue weighted by Crippen LogP contribution is 2.27. The van der Waals surface area contributed by atoms with Crippen LogP contribution in [0.2, 0.25) is 0 Å². The van der Waals surface area contributed by atoms with Crippen LogP contribution in [0.25, 0.3) is 0 Å². The number of aryl methyl sites for hydroxylation is 1. The topological polar surface area (TPSA) is 41.5 Å². The Labute approximate surface area is 98.6 Å². The number of benzene rings is 1. The molecular weight excluding hydrogens is 258 g/mol. The molecule has 0 radical (unpaired) electrons.